The molecule has 1 saturated heterocycles. The van der Waals surface area contributed by atoms with Gasteiger partial charge in [0.25, 0.3) is 0 Å². The van der Waals surface area contributed by atoms with Crippen LogP contribution in [0.25, 0.3) is 0 Å². The minimum atomic E-state index is -0.578. The number of likely N-dealkylation sites (tertiary alicyclic amines) is 1. The summed E-state index contributed by atoms with van der Waals surface area (Å²) in [5.41, 5.74) is -0.578. The summed E-state index contributed by atoms with van der Waals surface area (Å²) in [6.07, 6.45) is 2.71. The van der Waals surface area contributed by atoms with E-state index in [0.29, 0.717) is 6.54 Å². The number of nitrogens with one attached hydrogen (secondary N) is 1. The second kappa shape index (κ2) is 4.94. The Morgan fingerprint density at radius 3 is 2.46 bits per heavy atom. The lowest BCUT2D eigenvalue weighted by molar-refractivity contribution is 0.0793. The van der Waals surface area contributed by atoms with Crippen LogP contribution in [0.5, 0.6) is 0 Å². The van der Waals surface area contributed by atoms with Gasteiger partial charge in [-0.3, -0.25) is 0 Å². The van der Waals surface area contributed by atoms with Crippen molar-refractivity contribution in [3.05, 3.63) is 0 Å². The Morgan fingerprint density at radius 1 is 1.31 bits per heavy atom. The Morgan fingerprint density at radius 2 is 1.92 bits per heavy atom. The Kier molecular flexibility index (Phi) is 4.16. The van der Waals surface area contributed by atoms with Crippen molar-refractivity contribution in [3.63, 3.8) is 0 Å². The standard InChI is InChI=1S/C10H22N2O/c1-10(2,13)9-11-5-8-12-6-3-4-7-12/h11,13H,3-9H2,1-2H3. The van der Waals surface area contributed by atoms with Crippen molar-refractivity contribution in [2.24, 2.45) is 0 Å². The summed E-state index contributed by atoms with van der Waals surface area (Å²) in [5, 5.41) is 12.7. The molecule has 1 fully saturated rings. The van der Waals surface area contributed by atoms with Gasteiger partial charge in [0.05, 0.1) is 5.60 Å². The van der Waals surface area contributed by atoms with E-state index in [1.54, 1.807) is 0 Å². The van der Waals surface area contributed by atoms with E-state index >= 15 is 0 Å². The van der Waals surface area contributed by atoms with Crippen LogP contribution in [0.3, 0.4) is 0 Å². The van der Waals surface area contributed by atoms with Crippen molar-refractivity contribution in [1.82, 2.24) is 10.2 Å². The summed E-state index contributed by atoms with van der Waals surface area (Å²) >= 11 is 0. The molecule has 1 heterocycles. The maximum absolute atomic E-state index is 9.43. The third kappa shape index (κ3) is 5.24. The van der Waals surface area contributed by atoms with Gasteiger partial charge >= 0.3 is 0 Å². The monoisotopic (exact) mass is 186 g/mol. The zero-order chi connectivity index (χ0) is 9.73. The van der Waals surface area contributed by atoms with Crippen LogP contribution in [0, 0.1) is 0 Å². The van der Waals surface area contributed by atoms with E-state index in [9.17, 15) is 5.11 Å². The van der Waals surface area contributed by atoms with Gasteiger partial charge in [0.1, 0.15) is 0 Å². The predicted octanol–water partition coefficient (Wildman–Crippen LogP) is 0.443. The number of nitrogens with zero attached hydrogens (tertiary/aromatic N) is 1. The molecule has 0 saturated carbocycles. The lowest BCUT2D eigenvalue weighted by atomic mass is 10.1. The van der Waals surface area contributed by atoms with E-state index in [0.717, 1.165) is 13.1 Å². The summed E-state index contributed by atoms with van der Waals surface area (Å²) in [6, 6.07) is 0. The van der Waals surface area contributed by atoms with Gasteiger partial charge < -0.3 is 15.3 Å². The molecule has 1 aliphatic heterocycles. The molecule has 2 N–H and O–H groups in total. The quantitative estimate of drug-likeness (QED) is 0.612. The van der Waals surface area contributed by atoms with Crippen LogP contribution < -0.4 is 5.32 Å². The third-order valence-corrected chi connectivity index (χ3v) is 2.36. The van der Waals surface area contributed by atoms with E-state index in [2.05, 4.69) is 10.2 Å². The zero-order valence-electron chi connectivity index (χ0n) is 8.84. The Hall–Kier alpha value is -0.120. The van der Waals surface area contributed by atoms with Crippen LogP contribution in [0.2, 0.25) is 0 Å². The first-order chi connectivity index (χ1) is 6.08. The minimum Gasteiger partial charge on any atom is -0.389 e. The molecule has 0 amide bonds. The predicted molar refractivity (Wildman–Crippen MR) is 54.8 cm³/mol. The first-order valence-electron chi connectivity index (χ1n) is 5.23. The van der Waals surface area contributed by atoms with Gasteiger partial charge in [-0.2, -0.15) is 0 Å². The van der Waals surface area contributed by atoms with E-state index < -0.39 is 5.60 Å². The third-order valence-electron chi connectivity index (χ3n) is 2.36. The van der Waals surface area contributed by atoms with Crippen LogP contribution in [-0.4, -0.2) is 48.3 Å². The van der Waals surface area contributed by atoms with Crippen LogP contribution in [0.1, 0.15) is 26.7 Å². The van der Waals surface area contributed by atoms with Gasteiger partial charge in [0.15, 0.2) is 0 Å². The van der Waals surface area contributed by atoms with Crippen molar-refractivity contribution in [2.45, 2.75) is 32.3 Å². The Balaban J connectivity index is 1.94. The van der Waals surface area contributed by atoms with Crippen molar-refractivity contribution in [3.8, 4) is 0 Å². The average molecular weight is 186 g/mol. The van der Waals surface area contributed by atoms with Crippen LogP contribution >= 0.6 is 0 Å². The van der Waals surface area contributed by atoms with Gasteiger partial charge in [-0.1, -0.05) is 0 Å². The van der Waals surface area contributed by atoms with E-state index in [4.69, 9.17) is 0 Å². The van der Waals surface area contributed by atoms with E-state index in [1.165, 1.54) is 25.9 Å². The zero-order valence-corrected chi connectivity index (χ0v) is 8.84. The van der Waals surface area contributed by atoms with Crippen LogP contribution in [0.4, 0.5) is 0 Å². The van der Waals surface area contributed by atoms with Crippen LogP contribution in [0.15, 0.2) is 0 Å². The normalized spacial score (nSPS) is 19.6. The molecule has 0 aromatic rings. The molecule has 78 valence electrons. The van der Waals surface area contributed by atoms with Gasteiger partial charge in [-0.05, 0) is 39.8 Å². The fraction of sp³-hybridized carbons (Fsp3) is 1.00. The molecule has 0 bridgehead atoms. The highest BCUT2D eigenvalue weighted by molar-refractivity contribution is 4.71. The molecule has 0 spiro atoms. The first-order valence-corrected chi connectivity index (χ1v) is 5.23. The molecule has 13 heavy (non-hydrogen) atoms. The van der Waals surface area contributed by atoms with Crippen molar-refractivity contribution in [2.75, 3.05) is 32.7 Å². The summed E-state index contributed by atoms with van der Waals surface area (Å²) in [4.78, 5) is 2.47. The molecular formula is C10H22N2O. The molecule has 0 aromatic heterocycles. The largest absolute Gasteiger partial charge is 0.389 e. The highest BCUT2D eigenvalue weighted by atomic mass is 16.3. The molecule has 0 atom stereocenters. The van der Waals surface area contributed by atoms with Gasteiger partial charge in [0.2, 0.25) is 0 Å². The Labute approximate surface area is 81.1 Å². The second-order valence-corrected chi connectivity index (χ2v) is 4.54. The molecular weight excluding hydrogens is 164 g/mol. The minimum absolute atomic E-state index is 0.578. The molecule has 0 unspecified atom stereocenters. The molecule has 3 nitrogen and oxygen atoms in total. The number of hydrogen-bond donors (Lipinski definition) is 2. The van der Waals surface area contributed by atoms with Crippen LogP contribution in [-0.2, 0) is 0 Å². The maximum Gasteiger partial charge on any atom is 0.0715 e. The lowest BCUT2D eigenvalue weighted by Gasteiger charge is -2.19. The number of aliphatic hydroxyl groups is 1. The first kappa shape index (κ1) is 11.0. The maximum atomic E-state index is 9.43. The molecule has 1 aliphatic rings. The fourth-order valence-electron chi connectivity index (χ4n) is 1.64. The SMILES string of the molecule is CC(C)(O)CNCCN1CCCC1. The average Bonchev–Trinajstić information content (AvgIpc) is 2.48. The number of rotatable bonds is 5. The Bertz CT molecular complexity index is 136. The lowest BCUT2D eigenvalue weighted by Crippen LogP contribution is -2.38. The van der Waals surface area contributed by atoms with Gasteiger partial charge in [-0.25, -0.2) is 0 Å². The topological polar surface area (TPSA) is 35.5 Å². The smallest absolute Gasteiger partial charge is 0.0715 e. The second-order valence-electron chi connectivity index (χ2n) is 4.54. The van der Waals surface area contributed by atoms with Gasteiger partial charge in [0, 0.05) is 19.6 Å². The van der Waals surface area contributed by atoms with E-state index in [-0.39, 0.29) is 0 Å². The summed E-state index contributed by atoms with van der Waals surface area (Å²) in [5.74, 6) is 0. The molecule has 0 aromatic carbocycles. The van der Waals surface area contributed by atoms with E-state index in [1.807, 2.05) is 13.8 Å². The highest BCUT2D eigenvalue weighted by Gasteiger charge is 2.13. The summed E-state index contributed by atoms with van der Waals surface area (Å²) in [7, 11) is 0. The number of hydrogen-bond acceptors (Lipinski definition) is 3. The summed E-state index contributed by atoms with van der Waals surface area (Å²) in [6.45, 7) is 8.96. The summed E-state index contributed by atoms with van der Waals surface area (Å²) < 4.78 is 0. The van der Waals surface area contributed by atoms with Crippen molar-refractivity contribution < 1.29 is 5.11 Å². The molecule has 1 rings (SSSR count). The molecule has 3 heteroatoms. The van der Waals surface area contributed by atoms with Crippen molar-refractivity contribution >= 4 is 0 Å². The van der Waals surface area contributed by atoms with Crippen molar-refractivity contribution in [1.29, 1.82) is 0 Å². The van der Waals surface area contributed by atoms with Gasteiger partial charge in [-0.15, -0.1) is 0 Å². The highest BCUT2D eigenvalue weighted by Crippen LogP contribution is 2.05. The molecule has 0 aliphatic carbocycles. The molecule has 0 radical (unpaired) electrons. The fourth-order valence-corrected chi connectivity index (χ4v) is 1.64.